The molecule has 0 aliphatic heterocycles. The Labute approximate surface area is 177 Å². The van der Waals surface area contributed by atoms with Gasteiger partial charge in [-0.3, -0.25) is 9.78 Å². The number of H-pyrrole nitrogens is 1. The van der Waals surface area contributed by atoms with E-state index in [1.165, 1.54) is 29.7 Å². The number of fused-ring (bicyclic) bond motifs is 1. The van der Waals surface area contributed by atoms with E-state index in [1.807, 2.05) is 24.3 Å². The third-order valence-electron chi connectivity index (χ3n) is 4.78. The molecular weight excluding hydrogens is 401 g/mol. The molecule has 4 rings (SSSR count). The summed E-state index contributed by atoms with van der Waals surface area (Å²) in [6, 6.07) is 10.9. The molecule has 154 valence electrons. The molecule has 2 N–H and O–H groups in total. The predicted molar refractivity (Wildman–Crippen MR) is 115 cm³/mol. The lowest BCUT2D eigenvalue weighted by atomic mass is 10.1. The van der Waals surface area contributed by atoms with Crippen molar-refractivity contribution in [3.63, 3.8) is 0 Å². The number of amides is 1. The number of thiazole rings is 1. The number of hydrogen-bond acceptors (Lipinski definition) is 5. The minimum atomic E-state index is -0.431. The van der Waals surface area contributed by atoms with Gasteiger partial charge in [-0.15, -0.1) is 11.3 Å². The highest BCUT2D eigenvalue weighted by Crippen LogP contribution is 2.16. The van der Waals surface area contributed by atoms with E-state index in [0.717, 1.165) is 54.0 Å². The number of nitrogens with zero attached hydrogens (tertiary/aromatic N) is 3. The normalized spacial score (nSPS) is 11.1. The van der Waals surface area contributed by atoms with Crippen LogP contribution in [0.3, 0.4) is 0 Å². The van der Waals surface area contributed by atoms with Gasteiger partial charge in [-0.25, -0.2) is 14.4 Å². The smallest absolute Gasteiger partial charge is 0.271 e. The largest absolute Gasteiger partial charge is 0.345 e. The monoisotopic (exact) mass is 423 g/mol. The van der Waals surface area contributed by atoms with Crippen molar-refractivity contribution in [2.45, 2.75) is 38.6 Å². The van der Waals surface area contributed by atoms with Crippen LogP contribution in [0.25, 0.3) is 11.0 Å². The van der Waals surface area contributed by atoms with Crippen molar-refractivity contribution in [1.82, 2.24) is 25.3 Å². The summed E-state index contributed by atoms with van der Waals surface area (Å²) < 4.78 is 13.6. The lowest BCUT2D eigenvalue weighted by molar-refractivity contribution is 0.0945. The number of carbonyl (C=O) groups is 1. The second-order valence-corrected chi connectivity index (χ2v) is 7.95. The Morgan fingerprint density at radius 3 is 2.80 bits per heavy atom. The molecule has 0 aliphatic rings. The van der Waals surface area contributed by atoms with Gasteiger partial charge >= 0.3 is 0 Å². The summed E-state index contributed by atoms with van der Waals surface area (Å²) in [5.41, 5.74) is 2.66. The van der Waals surface area contributed by atoms with E-state index in [9.17, 15) is 9.18 Å². The van der Waals surface area contributed by atoms with Gasteiger partial charge in [-0.05, 0) is 43.5 Å². The van der Waals surface area contributed by atoms with Crippen LogP contribution in [0.1, 0.15) is 46.3 Å². The summed E-state index contributed by atoms with van der Waals surface area (Å²) in [5, 5.41) is 5.35. The van der Waals surface area contributed by atoms with Crippen molar-refractivity contribution in [2.75, 3.05) is 0 Å². The SMILES string of the molecule is O=C(NCc1ncccc1F)c1csc(CCCCCc2nc3ccccc3[nH]2)n1. The van der Waals surface area contributed by atoms with Crippen LogP contribution < -0.4 is 5.32 Å². The molecule has 0 fully saturated rings. The van der Waals surface area contributed by atoms with E-state index in [-0.39, 0.29) is 18.1 Å². The van der Waals surface area contributed by atoms with Gasteiger partial charge in [0.1, 0.15) is 17.3 Å². The maximum Gasteiger partial charge on any atom is 0.271 e. The number of benzene rings is 1. The highest BCUT2D eigenvalue weighted by molar-refractivity contribution is 7.09. The van der Waals surface area contributed by atoms with E-state index in [4.69, 9.17) is 0 Å². The summed E-state index contributed by atoms with van der Waals surface area (Å²) in [5.74, 6) is 0.278. The quantitative estimate of drug-likeness (QED) is 0.390. The molecule has 4 aromatic rings. The molecule has 3 aromatic heterocycles. The van der Waals surface area contributed by atoms with Gasteiger partial charge in [-0.1, -0.05) is 18.6 Å². The third kappa shape index (κ3) is 5.07. The number of carbonyl (C=O) groups excluding carboxylic acids is 1. The van der Waals surface area contributed by atoms with E-state index >= 15 is 0 Å². The molecule has 0 atom stereocenters. The lowest BCUT2D eigenvalue weighted by Gasteiger charge is -2.03. The molecule has 8 heteroatoms. The Morgan fingerprint density at radius 1 is 1.07 bits per heavy atom. The summed E-state index contributed by atoms with van der Waals surface area (Å²) in [7, 11) is 0. The van der Waals surface area contributed by atoms with Gasteiger partial charge < -0.3 is 10.3 Å². The number of hydrogen-bond donors (Lipinski definition) is 2. The van der Waals surface area contributed by atoms with E-state index in [0.29, 0.717) is 5.69 Å². The molecule has 0 radical (unpaired) electrons. The second kappa shape index (κ2) is 9.58. The van der Waals surface area contributed by atoms with Gasteiger partial charge in [0.05, 0.1) is 28.3 Å². The minimum Gasteiger partial charge on any atom is -0.345 e. The first-order valence-electron chi connectivity index (χ1n) is 9.94. The Bertz CT molecular complexity index is 1110. The lowest BCUT2D eigenvalue weighted by Crippen LogP contribution is -2.24. The fourth-order valence-electron chi connectivity index (χ4n) is 3.20. The highest BCUT2D eigenvalue weighted by atomic mass is 32.1. The molecule has 0 bridgehead atoms. The van der Waals surface area contributed by atoms with Crippen LogP contribution >= 0.6 is 11.3 Å². The van der Waals surface area contributed by atoms with Gasteiger partial charge in [-0.2, -0.15) is 0 Å². The first kappa shape index (κ1) is 20.2. The summed E-state index contributed by atoms with van der Waals surface area (Å²) in [4.78, 5) is 28.5. The molecule has 0 spiro atoms. The predicted octanol–water partition coefficient (Wildman–Crippen LogP) is 4.44. The van der Waals surface area contributed by atoms with Crippen LogP contribution in [0.15, 0.2) is 48.0 Å². The first-order valence-corrected chi connectivity index (χ1v) is 10.8. The summed E-state index contributed by atoms with van der Waals surface area (Å²) in [6.07, 6.45) is 6.39. The maximum absolute atomic E-state index is 13.6. The number of aromatic amines is 1. The fraction of sp³-hybridized carbons (Fsp3) is 0.273. The van der Waals surface area contributed by atoms with E-state index in [2.05, 4.69) is 25.3 Å². The third-order valence-corrected chi connectivity index (χ3v) is 5.69. The van der Waals surface area contributed by atoms with E-state index in [1.54, 1.807) is 5.38 Å². The van der Waals surface area contributed by atoms with Crippen LogP contribution in [0, 0.1) is 5.82 Å². The zero-order valence-electron chi connectivity index (χ0n) is 16.4. The van der Waals surface area contributed by atoms with Crippen LogP contribution in [-0.4, -0.2) is 25.8 Å². The van der Waals surface area contributed by atoms with Gasteiger partial charge in [0, 0.05) is 18.0 Å². The number of pyridine rings is 1. The number of unbranched alkanes of at least 4 members (excludes halogenated alkanes) is 2. The number of imidazole rings is 1. The molecule has 30 heavy (non-hydrogen) atoms. The molecule has 1 amide bonds. The van der Waals surface area contributed by atoms with Gasteiger partial charge in [0.25, 0.3) is 5.91 Å². The van der Waals surface area contributed by atoms with Crippen molar-refractivity contribution >= 4 is 28.3 Å². The first-order chi connectivity index (χ1) is 14.7. The number of aromatic nitrogens is 4. The average molecular weight is 424 g/mol. The highest BCUT2D eigenvalue weighted by Gasteiger charge is 2.12. The number of nitrogens with one attached hydrogen (secondary N) is 2. The molecule has 1 aromatic carbocycles. The standard InChI is InChI=1S/C22H22FN5OS/c23-15-7-6-12-24-18(15)13-25-22(29)19-14-30-21(28-19)11-3-1-2-10-20-26-16-8-4-5-9-17(16)27-20/h4-9,12,14H,1-3,10-11,13H2,(H,25,29)(H,26,27). The van der Waals surface area contributed by atoms with Crippen LogP contribution in [0.2, 0.25) is 0 Å². The fourth-order valence-corrected chi connectivity index (χ4v) is 4.02. The molecule has 6 nitrogen and oxygen atoms in total. The number of halogens is 1. The Balaban J connectivity index is 1.19. The zero-order chi connectivity index (χ0) is 20.8. The minimum absolute atomic E-state index is 0.0418. The Hall–Kier alpha value is -3.13. The van der Waals surface area contributed by atoms with Crippen molar-refractivity contribution in [3.8, 4) is 0 Å². The molecule has 3 heterocycles. The Morgan fingerprint density at radius 2 is 1.93 bits per heavy atom. The van der Waals surface area contributed by atoms with Gasteiger partial charge in [0.15, 0.2) is 0 Å². The van der Waals surface area contributed by atoms with Crippen molar-refractivity contribution < 1.29 is 9.18 Å². The molecule has 0 aliphatic carbocycles. The molecular formula is C22H22FN5OS. The maximum atomic E-state index is 13.6. The van der Waals surface area contributed by atoms with Crippen LogP contribution in [0.4, 0.5) is 4.39 Å². The summed E-state index contributed by atoms with van der Waals surface area (Å²) >= 11 is 1.48. The van der Waals surface area contributed by atoms with Crippen molar-refractivity contribution in [2.24, 2.45) is 0 Å². The van der Waals surface area contributed by atoms with Crippen molar-refractivity contribution in [3.05, 3.63) is 76.0 Å². The number of aryl methyl sites for hydroxylation is 2. The zero-order valence-corrected chi connectivity index (χ0v) is 17.2. The summed E-state index contributed by atoms with van der Waals surface area (Å²) in [6.45, 7) is 0.0418. The Kier molecular flexibility index (Phi) is 6.44. The second-order valence-electron chi connectivity index (χ2n) is 7.00. The van der Waals surface area contributed by atoms with Crippen molar-refractivity contribution in [1.29, 1.82) is 0 Å². The average Bonchev–Trinajstić information content (AvgIpc) is 3.39. The van der Waals surface area contributed by atoms with Crippen LogP contribution in [0.5, 0.6) is 0 Å². The number of rotatable bonds is 9. The topological polar surface area (TPSA) is 83.6 Å². The molecule has 0 saturated heterocycles. The van der Waals surface area contributed by atoms with Crippen LogP contribution in [-0.2, 0) is 19.4 Å². The van der Waals surface area contributed by atoms with E-state index < -0.39 is 5.82 Å². The van der Waals surface area contributed by atoms with Gasteiger partial charge in [0.2, 0.25) is 0 Å². The number of para-hydroxylation sites is 2. The molecule has 0 unspecified atom stereocenters. The molecule has 0 saturated carbocycles.